The molecule has 3 amide bonds. The molecule has 6 aromatic rings. The number of hydrogen-bond donors (Lipinski definition) is 2. The summed E-state index contributed by atoms with van der Waals surface area (Å²) in [6, 6.07) is 15.1. The van der Waals surface area contributed by atoms with Gasteiger partial charge in [0.15, 0.2) is 0 Å². The highest BCUT2D eigenvalue weighted by molar-refractivity contribution is 6.00. The number of piperidine rings is 2. The van der Waals surface area contributed by atoms with Gasteiger partial charge in [0.05, 0.1) is 16.7 Å². The van der Waals surface area contributed by atoms with Crippen molar-refractivity contribution in [2.24, 2.45) is 20.0 Å². The summed E-state index contributed by atoms with van der Waals surface area (Å²) in [6.45, 7) is 10.7. The van der Waals surface area contributed by atoms with Crippen LogP contribution in [0.3, 0.4) is 0 Å². The van der Waals surface area contributed by atoms with E-state index in [2.05, 4.69) is 50.2 Å². The Morgan fingerprint density at radius 3 is 2.35 bits per heavy atom. The molecular formula is C53H61F2N11O5. The van der Waals surface area contributed by atoms with Crippen LogP contribution in [0.15, 0.2) is 82.7 Å². The van der Waals surface area contributed by atoms with Crippen molar-refractivity contribution >= 4 is 51.0 Å². The van der Waals surface area contributed by atoms with E-state index in [-0.39, 0.29) is 46.7 Å². The number of aryl methyl sites for hydroxylation is 2. The molecule has 0 aliphatic carbocycles. The molecule has 0 saturated carbocycles. The highest BCUT2D eigenvalue weighted by Gasteiger charge is 2.33. The third-order valence-corrected chi connectivity index (χ3v) is 15.6. The Hall–Kier alpha value is -6.76. The predicted molar refractivity (Wildman–Crippen MR) is 268 cm³/mol. The maximum Gasteiger partial charge on any atom is 0.329 e. The van der Waals surface area contributed by atoms with Gasteiger partial charge in [-0.3, -0.25) is 52.9 Å². The lowest BCUT2D eigenvalue weighted by Gasteiger charge is -2.42. The second-order valence-electron chi connectivity index (χ2n) is 19.9. The minimum absolute atomic E-state index is 0.0239. The molecule has 0 bridgehead atoms. The van der Waals surface area contributed by atoms with Gasteiger partial charge in [0.25, 0.3) is 11.5 Å². The molecule has 3 atom stereocenters. The number of nitrogens with zero attached hydrogens (tertiary/aromatic N) is 9. The van der Waals surface area contributed by atoms with Gasteiger partial charge in [-0.15, -0.1) is 0 Å². The zero-order valence-electron chi connectivity index (χ0n) is 41.0. The number of likely N-dealkylation sites (tertiary alicyclic amines) is 1. The van der Waals surface area contributed by atoms with Gasteiger partial charge in [-0.05, 0) is 99.0 Å². The van der Waals surface area contributed by atoms with Crippen molar-refractivity contribution in [3.8, 4) is 5.69 Å². The second kappa shape index (κ2) is 19.4. The van der Waals surface area contributed by atoms with Crippen molar-refractivity contribution < 1.29 is 23.2 Å². The second-order valence-corrected chi connectivity index (χ2v) is 19.9. The van der Waals surface area contributed by atoms with E-state index in [4.69, 9.17) is 0 Å². The molecule has 71 heavy (non-hydrogen) atoms. The zero-order valence-corrected chi connectivity index (χ0v) is 41.0. The summed E-state index contributed by atoms with van der Waals surface area (Å²) >= 11 is 0. The lowest BCUT2D eigenvalue weighted by molar-refractivity contribution is -0.135. The third kappa shape index (κ3) is 9.12. The molecule has 3 saturated heterocycles. The van der Waals surface area contributed by atoms with E-state index in [1.165, 1.54) is 16.7 Å². The van der Waals surface area contributed by atoms with Crippen LogP contribution in [-0.4, -0.2) is 126 Å². The molecule has 4 aliphatic heterocycles. The van der Waals surface area contributed by atoms with Crippen molar-refractivity contribution in [1.82, 2.24) is 48.2 Å². The monoisotopic (exact) mass is 969 g/mol. The maximum atomic E-state index is 15.9. The van der Waals surface area contributed by atoms with Gasteiger partial charge in [0, 0.05) is 145 Å². The summed E-state index contributed by atoms with van der Waals surface area (Å²) in [4.78, 5) is 77.9. The van der Waals surface area contributed by atoms with E-state index in [9.17, 15) is 24.0 Å². The topological polar surface area (TPSA) is 155 Å². The van der Waals surface area contributed by atoms with Crippen LogP contribution in [0.2, 0.25) is 0 Å². The molecule has 4 aliphatic rings. The number of anilines is 1. The van der Waals surface area contributed by atoms with Gasteiger partial charge in [-0.25, -0.2) is 18.6 Å². The van der Waals surface area contributed by atoms with Crippen LogP contribution in [0.4, 0.5) is 14.5 Å². The van der Waals surface area contributed by atoms with Crippen LogP contribution in [0.25, 0.3) is 33.3 Å². The van der Waals surface area contributed by atoms with Crippen LogP contribution in [-0.2, 0) is 30.2 Å². The smallest absolute Gasteiger partial charge is 0.329 e. The van der Waals surface area contributed by atoms with Gasteiger partial charge in [-0.2, -0.15) is 0 Å². The third-order valence-electron chi connectivity index (χ3n) is 15.6. The van der Waals surface area contributed by atoms with Crippen LogP contribution in [0.5, 0.6) is 0 Å². The molecule has 2 N–H and O–H groups in total. The number of imide groups is 1. The van der Waals surface area contributed by atoms with Crippen LogP contribution in [0, 0.1) is 17.6 Å². The zero-order chi connectivity index (χ0) is 49.8. The van der Waals surface area contributed by atoms with E-state index >= 15 is 8.78 Å². The Kier molecular flexibility index (Phi) is 13.1. The minimum atomic E-state index is -0.732. The fraction of sp³-hybridized carbons (Fsp3) is 0.434. The first-order valence-electron chi connectivity index (χ1n) is 24.7. The molecule has 4 aromatic heterocycles. The fourth-order valence-corrected chi connectivity index (χ4v) is 11.4. The number of aromatic nitrogens is 5. The van der Waals surface area contributed by atoms with Gasteiger partial charge < -0.3 is 14.8 Å². The van der Waals surface area contributed by atoms with E-state index in [0.29, 0.717) is 62.1 Å². The number of rotatable bonds is 11. The number of benzene rings is 2. The summed E-state index contributed by atoms with van der Waals surface area (Å²) < 4.78 is 38.5. The lowest BCUT2D eigenvalue weighted by atomic mass is 9.93. The lowest BCUT2D eigenvalue weighted by Crippen LogP contribution is -2.53. The number of imidazole rings is 1. The highest BCUT2D eigenvalue weighted by Crippen LogP contribution is 2.35. The van der Waals surface area contributed by atoms with Crippen molar-refractivity contribution in [1.29, 1.82) is 0 Å². The first kappa shape index (κ1) is 47.9. The van der Waals surface area contributed by atoms with E-state index in [1.54, 1.807) is 46.6 Å². The molecule has 0 radical (unpaired) electrons. The largest absolute Gasteiger partial charge is 0.388 e. The van der Waals surface area contributed by atoms with Crippen LogP contribution >= 0.6 is 0 Å². The van der Waals surface area contributed by atoms with Crippen molar-refractivity contribution in [2.75, 3.05) is 64.7 Å². The Labute approximate surface area is 410 Å². The van der Waals surface area contributed by atoms with Crippen LogP contribution in [0.1, 0.15) is 85.2 Å². The Morgan fingerprint density at radius 2 is 1.66 bits per heavy atom. The normalized spacial score (nSPS) is 20.4. The van der Waals surface area contributed by atoms with Gasteiger partial charge in [0.1, 0.15) is 23.3 Å². The number of pyridine rings is 2. The molecule has 372 valence electrons. The standard InChI is InChI=1S/C53H61F2N11O5/c1-32-29-61(30-35-6-7-43-46(24-35)60(5)53(71)66(43)44-8-9-47(67)58-51(44)69)22-23-64(32)31-34-11-17-63(18-12-34)52(70)37-25-40(54)49(41(55)26-37)36-13-19-62(20-14-36)33(2)45-28-39-42(10-16-57-50(39)59(45)4)65-21-15-38(56-3)27-48(65)68/h6-7,10,13,15-16,21,24-28,32-34,44,56H,8-9,11-12,14,17-20,22-23,29-31H2,1-5H3,(H,58,67,69)/t32-,33-,44+/m0/s1. The fourth-order valence-electron chi connectivity index (χ4n) is 11.4. The SMILES string of the molecule is CNc1ccn(-c2ccnc3c2cc([C@H](C)N2CC=C(c4c(F)cc(C(=O)N5CCC(CN6CCN(Cc7ccc8c(c7)n(C)c(=O)n8[C@@H]7CCC(=O)NC7=O)C[C@@H]6C)CC5)cc4F)CC2)n3C)c(=O)c1. The predicted octanol–water partition coefficient (Wildman–Crippen LogP) is 5.58. The molecule has 2 aromatic carbocycles. The quantitative estimate of drug-likeness (QED) is 0.157. The van der Waals surface area contributed by atoms with E-state index in [0.717, 1.165) is 84.7 Å². The number of piperazine rings is 1. The van der Waals surface area contributed by atoms with Crippen molar-refractivity contribution in [3.63, 3.8) is 0 Å². The van der Waals surface area contributed by atoms with Crippen molar-refractivity contribution in [3.05, 3.63) is 128 Å². The summed E-state index contributed by atoms with van der Waals surface area (Å²) in [6.07, 6.45) is 7.86. The number of amides is 3. The molecule has 18 heteroatoms. The molecule has 0 unspecified atom stereocenters. The van der Waals surface area contributed by atoms with Gasteiger partial charge in [-0.1, -0.05) is 12.1 Å². The minimum Gasteiger partial charge on any atom is -0.388 e. The van der Waals surface area contributed by atoms with E-state index in [1.807, 2.05) is 48.0 Å². The van der Waals surface area contributed by atoms with Crippen LogP contribution < -0.4 is 21.9 Å². The number of hydrogen-bond acceptors (Lipinski definition) is 10. The average Bonchev–Trinajstić information content (AvgIpc) is 3.83. The van der Waals surface area contributed by atoms with E-state index < -0.39 is 23.6 Å². The highest BCUT2D eigenvalue weighted by atomic mass is 19.1. The van der Waals surface area contributed by atoms with Gasteiger partial charge >= 0.3 is 5.69 Å². The Morgan fingerprint density at radius 1 is 0.887 bits per heavy atom. The Bertz CT molecular complexity index is 3210. The average molecular weight is 970 g/mol. The van der Waals surface area contributed by atoms with Gasteiger partial charge in [0.2, 0.25) is 11.8 Å². The summed E-state index contributed by atoms with van der Waals surface area (Å²) in [7, 11) is 5.43. The number of fused-ring (bicyclic) bond motifs is 2. The first-order chi connectivity index (χ1) is 34.2. The molecule has 3 fully saturated rings. The first-order valence-corrected chi connectivity index (χ1v) is 24.7. The molecule has 16 nitrogen and oxygen atoms in total. The number of halogens is 2. The summed E-state index contributed by atoms with van der Waals surface area (Å²) in [5.74, 6) is -2.19. The van der Waals surface area contributed by atoms with Crippen molar-refractivity contribution in [2.45, 2.75) is 70.6 Å². The Balaban J connectivity index is 0.719. The number of carbonyl (C=O) groups excluding carboxylic acids is 3. The molecule has 0 spiro atoms. The number of nitrogens with one attached hydrogen (secondary N) is 2. The summed E-state index contributed by atoms with van der Waals surface area (Å²) in [5, 5.41) is 6.21. The number of carbonyl (C=O) groups is 3. The molecule has 10 rings (SSSR count). The molecule has 8 heterocycles. The molecular weight excluding hydrogens is 909 g/mol. The maximum absolute atomic E-state index is 15.9. The summed E-state index contributed by atoms with van der Waals surface area (Å²) in [5.41, 5.74) is 5.79.